The number of phenols is 1. The SMILES string of the molecule is CCOc1ccc(O)c(/C=C2\SC(=O)N(CCOc3ccccc3)C2=O)c1. The van der Waals surface area contributed by atoms with Crippen molar-refractivity contribution in [2.75, 3.05) is 19.8 Å². The lowest BCUT2D eigenvalue weighted by atomic mass is 10.1. The standard InChI is InChI=1S/C20H19NO5S/c1-2-25-16-8-9-17(22)14(12-16)13-18-19(23)21(20(24)27-18)10-11-26-15-6-4-3-5-7-15/h3-9,12-13,22H,2,10-11H2,1H3/b18-13-. The van der Waals surface area contributed by atoms with Gasteiger partial charge in [0.2, 0.25) is 0 Å². The number of carbonyl (C=O) groups excluding carboxylic acids is 2. The van der Waals surface area contributed by atoms with Crippen LogP contribution in [0.2, 0.25) is 0 Å². The molecule has 2 aromatic rings. The Hall–Kier alpha value is -2.93. The van der Waals surface area contributed by atoms with E-state index in [9.17, 15) is 14.7 Å². The van der Waals surface area contributed by atoms with Gasteiger partial charge in [-0.3, -0.25) is 14.5 Å². The molecule has 0 unspecified atom stereocenters. The second kappa shape index (κ2) is 8.64. The summed E-state index contributed by atoms with van der Waals surface area (Å²) in [6.45, 7) is 2.71. The minimum Gasteiger partial charge on any atom is -0.507 e. The van der Waals surface area contributed by atoms with Crippen LogP contribution in [0.1, 0.15) is 12.5 Å². The molecule has 0 spiro atoms. The third-order valence-corrected chi connectivity index (χ3v) is 4.70. The lowest BCUT2D eigenvalue weighted by Gasteiger charge is -2.13. The summed E-state index contributed by atoms with van der Waals surface area (Å²) in [5.41, 5.74) is 0.423. The van der Waals surface area contributed by atoms with E-state index in [1.54, 1.807) is 12.1 Å². The fourth-order valence-corrected chi connectivity index (χ4v) is 3.37. The Kier molecular flexibility index (Phi) is 6.03. The molecular weight excluding hydrogens is 366 g/mol. The summed E-state index contributed by atoms with van der Waals surface area (Å²) in [6.07, 6.45) is 1.50. The number of hydrogen-bond donors (Lipinski definition) is 1. The minimum absolute atomic E-state index is 0.0117. The molecule has 1 fully saturated rings. The van der Waals surface area contributed by atoms with Crippen molar-refractivity contribution >= 4 is 29.0 Å². The molecule has 3 rings (SSSR count). The number of benzene rings is 2. The summed E-state index contributed by atoms with van der Waals surface area (Å²) < 4.78 is 11.0. The number of aromatic hydroxyl groups is 1. The highest BCUT2D eigenvalue weighted by molar-refractivity contribution is 8.18. The van der Waals surface area contributed by atoms with E-state index in [-0.39, 0.29) is 29.0 Å². The zero-order valence-electron chi connectivity index (χ0n) is 14.8. The molecule has 0 saturated carbocycles. The molecule has 27 heavy (non-hydrogen) atoms. The Labute approximate surface area is 161 Å². The first-order chi connectivity index (χ1) is 13.1. The third-order valence-electron chi connectivity index (χ3n) is 3.80. The highest BCUT2D eigenvalue weighted by atomic mass is 32.2. The van der Waals surface area contributed by atoms with Gasteiger partial charge in [-0.05, 0) is 55.1 Å². The maximum atomic E-state index is 12.5. The Morgan fingerprint density at radius 1 is 1.07 bits per heavy atom. The van der Waals surface area contributed by atoms with Crippen LogP contribution in [0.4, 0.5) is 4.79 Å². The number of rotatable bonds is 7. The van der Waals surface area contributed by atoms with Gasteiger partial charge in [-0.25, -0.2) is 0 Å². The van der Waals surface area contributed by atoms with Crippen molar-refractivity contribution in [1.29, 1.82) is 0 Å². The summed E-state index contributed by atoms with van der Waals surface area (Å²) in [5.74, 6) is 0.871. The zero-order valence-corrected chi connectivity index (χ0v) is 15.6. The van der Waals surface area contributed by atoms with Crippen LogP contribution < -0.4 is 9.47 Å². The lowest BCUT2D eigenvalue weighted by molar-refractivity contribution is -0.123. The van der Waals surface area contributed by atoms with Crippen LogP contribution in [0.5, 0.6) is 17.2 Å². The van der Waals surface area contributed by atoms with Crippen LogP contribution in [0.3, 0.4) is 0 Å². The topological polar surface area (TPSA) is 76.1 Å². The molecule has 2 amide bonds. The van der Waals surface area contributed by atoms with Crippen molar-refractivity contribution in [2.45, 2.75) is 6.92 Å². The first-order valence-corrected chi connectivity index (χ1v) is 9.29. The Morgan fingerprint density at radius 3 is 2.59 bits per heavy atom. The highest BCUT2D eigenvalue weighted by Gasteiger charge is 2.35. The second-order valence-corrected chi connectivity index (χ2v) is 6.64. The summed E-state index contributed by atoms with van der Waals surface area (Å²) in [6, 6.07) is 14.0. The fourth-order valence-electron chi connectivity index (χ4n) is 2.51. The predicted octanol–water partition coefficient (Wildman–Crippen LogP) is 3.91. The van der Waals surface area contributed by atoms with Crippen molar-refractivity contribution in [1.82, 2.24) is 4.90 Å². The van der Waals surface area contributed by atoms with E-state index in [4.69, 9.17) is 9.47 Å². The van der Waals surface area contributed by atoms with Gasteiger partial charge in [-0.2, -0.15) is 0 Å². The molecule has 0 radical (unpaired) electrons. The molecule has 0 atom stereocenters. The quantitative estimate of drug-likeness (QED) is 0.729. The first kappa shape index (κ1) is 18.8. The Bertz CT molecular complexity index is 866. The fraction of sp³-hybridized carbons (Fsp3) is 0.200. The molecule has 1 aliphatic heterocycles. The van der Waals surface area contributed by atoms with Crippen molar-refractivity contribution in [2.24, 2.45) is 0 Å². The monoisotopic (exact) mass is 385 g/mol. The number of ether oxygens (including phenoxy) is 2. The summed E-state index contributed by atoms with van der Waals surface area (Å²) >= 11 is 0.842. The number of amides is 2. The van der Waals surface area contributed by atoms with Gasteiger partial charge in [0.25, 0.3) is 11.1 Å². The molecule has 1 heterocycles. The number of thioether (sulfide) groups is 1. The van der Waals surface area contributed by atoms with Crippen LogP contribution >= 0.6 is 11.8 Å². The average Bonchev–Trinajstić information content (AvgIpc) is 2.93. The summed E-state index contributed by atoms with van der Waals surface area (Å²) in [5, 5.41) is 9.65. The van der Waals surface area contributed by atoms with E-state index >= 15 is 0 Å². The molecule has 6 nitrogen and oxygen atoms in total. The highest BCUT2D eigenvalue weighted by Crippen LogP contribution is 2.34. The van der Waals surface area contributed by atoms with Gasteiger partial charge in [0.15, 0.2) is 0 Å². The number of carbonyl (C=O) groups is 2. The third kappa shape index (κ3) is 4.62. The normalized spacial score (nSPS) is 15.4. The van der Waals surface area contributed by atoms with Crippen molar-refractivity contribution < 1.29 is 24.2 Å². The van der Waals surface area contributed by atoms with E-state index in [2.05, 4.69) is 0 Å². The van der Waals surface area contributed by atoms with E-state index in [0.29, 0.717) is 23.7 Å². The summed E-state index contributed by atoms with van der Waals surface area (Å²) in [4.78, 5) is 26.1. The maximum Gasteiger partial charge on any atom is 0.293 e. The molecule has 0 aromatic heterocycles. The van der Waals surface area contributed by atoms with Crippen LogP contribution in [0.15, 0.2) is 53.4 Å². The molecular formula is C20H19NO5S. The smallest absolute Gasteiger partial charge is 0.293 e. The van der Waals surface area contributed by atoms with Crippen molar-refractivity contribution in [3.05, 3.63) is 59.0 Å². The van der Waals surface area contributed by atoms with E-state index in [0.717, 1.165) is 16.7 Å². The molecule has 0 bridgehead atoms. The van der Waals surface area contributed by atoms with Crippen LogP contribution in [0, 0.1) is 0 Å². The van der Waals surface area contributed by atoms with Gasteiger partial charge in [0.05, 0.1) is 18.1 Å². The Morgan fingerprint density at radius 2 is 1.85 bits per heavy atom. The van der Waals surface area contributed by atoms with Crippen molar-refractivity contribution in [3.8, 4) is 17.2 Å². The van der Waals surface area contributed by atoms with Gasteiger partial charge >= 0.3 is 0 Å². The van der Waals surface area contributed by atoms with Crippen molar-refractivity contribution in [3.63, 3.8) is 0 Å². The van der Waals surface area contributed by atoms with E-state index < -0.39 is 5.91 Å². The maximum absolute atomic E-state index is 12.5. The van der Waals surface area contributed by atoms with Gasteiger partial charge in [-0.1, -0.05) is 18.2 Å². The van der Waals surface area contributed by atoms with Crippen LogP contribution in [0.25, 0.3) is 6.08 Å². The molecule has 0 aliphatic carbocycles. The molecule has 2 aromatic carbocycles. The average molecular weight is 385 g/mol. The number of imide groups is 1. The van der Waals surface area contributed by atoms with Gasteiger partial charge in [0.1, 0.15) is 23.9 Å². The van der Waals surface area contributed by atoms with Gasteiger partial charge in [0, 0.05) is 5.56 Å². The zero-order chi connectivity index (χ0) is 19.2. The van der Waals surface area contributed by atoms with Crippen LogP contribution in [-0.2, 0) is 4.79 Å². The minimum atomic E-state index is -0.400. The largest absolute Gasteiger partial charge is 0.507 e. The molecule has 1 saturated heterocycles. The molecule has 1 aliphatic rings. The number of phenolic OH excluding ortho intramolecular Hbond substituents is 1. The number of nitrogens with zero attached hydrogens (tertiary/aromatic N) is 1. The summed E-state index contributed by atoms with van der Waals surface area (Å²) in [7, 11) is 0. The number of hydrogen-bond acceptors (Lipinski definition) is 6. The molecule has 140 valence electrons. The Balaban J connectivity index is 1.68. The van der Waals surface area contributed by atoms with E-state index in [1.165, 1.54) is 12.1 Å². The van der Waals surface area contributed by atoms with Gasteiger partial charge < -0.3 is 14.6 Å². The predicted molar refractivity (Wildman–Crippen MR) is 104 cm³/mol. The lowest BCUT2D eigenvalue weighted by Crippen LogP contribution is -2.32. The first-order valence-electron chi connectivity index (χ1n) is 8.47. The molecule has 1 N–H and O–H groups in total. The molecule has 7 heteroatoms. The van der Waals surface area contributed by atoms with Crippen LogP contribution in [-0.4, -0.2) is 40.9 Å². The van der Waals surface area contributed by atoms with E-state index in [1.807, 2.05) is 37.3 Å². The number of para-hydroxylation sites is 1. The second-order valence-electron chi connectivity index (χ2n) is 5.65. The van der Waals surface area contributed by atoms with Gasteiger partial charge in [-0.15, -0.1) is 0 Å².